The number of hydrogen-bond donors (Lipinski definition) is 0. The Morgan fingerprint density at radius 1 is 0.905 bits per heavy atom. The molecule has 2 nitrogen and oxygen atoms in total. The standard InChI is InChI=1S/C19H24NO/c1-20(2)18-14-12-17(13-15-18)9-5-4-8-16-21-19-10-6-3-7-11-19/h3,6-7,9-15H,4-5,8,16H2,1-2H3. The van der Waals surface area contributed by atoms with Crippen LogP contribution in [-0.2, 0) is 0 Å². The van der Waals surface area contributed by atoms with Crippen LogP contribution in [0.1, 0.15) is 24.8 Å². The second kappa shape index (κ2) is 8.35. The SMILES string of the molecule is CN(C)c1ccc([CH]CCCCOc2ccccc2)cc1. The van der Waals surface area contributed by atoms with Crippen molar-refractivity contribution in [2.24, 2.45) is 0 Å². The van der Waals surface area contributed by atoms with Crippen molar-refractivity contribution in [3.8, 4) is 5.75 Å². The minimum atomic E-state index is 0.789. The fourth-order valence-corrected chi connectivity index (χ4v) is 2.13. The van der Waals surface area contributed by atoms with Gasteiger partial charge in [0.2, 0.25) is 0 Å². The Kier molecular flexibility index (Phi) is 6.14. The monoisotopic (exact) mass is 282 g/mol. The zero-order chi connectivity index (χ0) is 14.9. The number of benzene rings is 2. The molecule has 0 atom stereocenters. The highest BCUT2D eigenvalue weighted by Crippen LogP contribution is 2.15. The lowest BCUT2D eigenvalue weighted by molar-refractivity contribution is 0.307. The van der Waals surface area contributed by atoms with Gasteiger partial charge in [-0.1, -0.05) is 30.3 Å². The third-order valence-electron chi connectivity index (χ3n) is 3.40. The lowest BCUT2D eigenvalue weighted by Crippen LogP contribution is -2.08. The molecule has 2 rings (SSSR count). The van der Waals surface area contributed by atoms with Gasteiger partial charge in [-0.15, -0.1) is 0 Å². The summed E-state index contributed by atoms with van der Waals surface area (Å²) in [5, 5.41) is 0. The van der Waals surface area contributed by atoms with E-state index in [1.807, 2.05) is 30.3 Å². The Hall–Kier alpha value is -1.96. The van der Waals surface area contributed by atoms with Crippen molar-refractivity contribution in [1.29, 1.82) is 0 Å². The Morgan fingerprint density at radius 2 is 1.62 bits per heavy atom. The van der Waals surface area contributed by atoms with E-state index in [0.717, 1.165) is 31.6 Å². The van der Waals surface area contributed by atoms with Gasteiger partial charge >= 0.3 is 0 Å². The number of ether oxygens (including phenoxy) is 1. The van der Waals surface area contributed by atoms with Crippen molar-refractivity contribution in [2.75, 3.05) is 25.6 Å². The minimum absolute atomic E-state index is 0.789. The molecule has 21 heavy (non-hydrogen) atoms. The first-order chi connectivity index (χ1) is 10.3. The summed E-state index contributed by atoms with van der Waals surface area (Å²) in [5.74, 6) is 0.959. The van der Waals surface area contributed by atoms with Gasteiger partial charge in [-0.25, -0.2) is 0 Å². The van der Waals surface area contributed by atoms with Crippen molar-refractivity contribution in [2.45, 2.75) is 19.3 Å². The molecular formula is C19H24NO. The third kappa shape index (κ3) is 5.50. The van der Waals surface area contributed by atoms with Crippen LogP contribution in [0.4, 0.5) is 5.69 Å². The maximum absolute atomic E-state index is 5.68. The molecule has 0 fully saturated rings. The topological polar surface area (TPSA) is 12.5 Å². The van der Waals surface area contributed by atoms with E-state index in [2.05, 4.69) is 49.7 Å². The van der Waals surface area contributed by atoms with Gasteiger partial charge in [-0.05, 0) is 55.5 Å². The minimum Gasteiger partial charge on any atom is -0.494 e. The van der Waals surface area contributed by atoms with Crippen LogP contribution in [0.25, 0.3) is 0 Å². The molecule has 0 saturated heterocycles. The highest BCUT2D eigenvalue weighted by molar-refractivity contribution is 5.47. The number of unbranched alkanes of at least 4 members (excludes halogenated alkanes) is 2. The molecule has 0 spiro atoms. The van der Waals surface area contributed by atoms with Gasteiger partial charge in [0.1, 0.15) is 5.75 Å². The van der Waals surface area contributed by atoms with Crippen LogP contribution in [0.3, 0.4) is 0 Å². The summed E-state index contributed by atoms with van der Waals surface area (Å²) in [7, 11) is 4.12. The van der Waals surface area contributed by atoms with E-state index < -0.39 is 0 Å². The largest absolute Gasteiger partial charge is 0.494 e. The van der Waals surface area contributed by atoms with Gasteiger partial charge in [-0.3, -0.25) is 0 Å². The van der Waals surface area contributed by atoms with Gasteiger partial charge < -0.3 is 9.64 Å². The van der Waals surface area contributed by atoms with Crippen LogP contribution in [-0.4, -0.2) is 20.7 Å². The second-order valence-corrected chi connectivity index (χ2v) is 5.35. The molecule has 2 heteroatoms. The van der Waals surface area contributed by atoms with Crippen molar-refractivity contribution in [3.05, 3.63) is 66.6 Å². The number of nitrogens with zero attached hydrogens (tertiary/aromatic N) is 1. The van der Waals surface area contributed by atoms with E-state index >= 15 is 0 Å². The second-order valence-electron chi connectivity index (χ2n) is 5.35. The van der Waals surface area contributed by atoms with Crippen LogP contribution in [0.15, 0.2) is 54.6 Å². The van der Waals surface area contributed by atoms with Crippen molar-refractivity contribution in [1.82, 2.24) is 0 Å². The van der Waals surface area contributed by atoms with Crippen LogP contribution in [0, 0.1) is 6.42 Å². The normalized spacial score (nSPS) is 10.4. The van der Waals surface area contributed by atoms with Crippen LogP contribution >= 0.6 is 0 Å². The Morgan fingerprint density at radius 3 is 2.29 bits per heavy atom. The van der Waals surface area contributed by atoms with Crippen LogP contribution in [0.5, 0.6) is 5.75 Å². The highest BCUT2D eigenvalue weighted by atomic mass is 16.5. The average molecular weight is 282 g/mol. The van der Waals surface area contributed by atoms with Crippen molar-refractivity contribution in [3.63, 3.8) is 0 Å². The molecule has 0 unspecified atom stereocenters. The van der Waals surface area contributed by atoms with E-state index in [9.17, 15) is 0 Å². The van der Waals surface area contributed by atoms with Crippen molar-refractivity contribution >= 4 is 5.69 Å². The first-order valence-electron chi connectivity index (χ1n) is 7.54. The number of anilines is 1. The van der Waals surface area contributed by atoms with E-state index in [-0.39, 0.29) is 0 Å². The lowest BCUT2D eigenvalue weighted by Gasteiger charge is -2.12. The van der Waals surface area contributed by atoms with Gasteiger partial charge in [0.05, 0.1) is 6.61 Å². The maximum atomic E-state index is 5.68. The van der Waals surface area contributed by atoms with Gasteiger partial charge in [-0.2, -0.15) is 0 Å². The van der Waals surface area contributed by atoms with Crippen LogP contribution in [0.2, 0.25) is 0 Å². The number of rotatable bonds is 8. The zero-order valence-corrected chi connectivity index (χ0v) is 13.0. The fourth-order valence-electron chi connectivity index (χ4n) is 2.13. The molecule has 0 amide bonds. The predicted octanol–water partition coefficient (Wildman–Crippen LogP) is 4.55. The van der Waals surface area contributed by atoms with E-state index in [1.54, 1.807) is 0 Å². The molecule has 0 heterocycles. The summed E-state index contributed by atoms with van der Waals surface area (Å²) >= 11 is 0. The van der Waals surface area contributed by atoms with Crippen LogP contribution < -0.4 is 9.64 Å². The van der Waals surface area contributed by atoms with Crippen molar-refractivity contribution < 1.29 is 4.74 Å². The lowest BCUT2D eigenvalue weighted by atomic mass is 10.1. The average Bonchev–Trinajstić information content (AvgIpc) is 2.52. The predicted molar refractivity (Wildman–Crippen MR) is 90.0 cm³/mol. The summed E-state index contributed by atoms with van der Waals surface area (Å²) in [6, 6.07) is 18.7. The summed E-state index contributed by atoms with van der Waals surface area (Å²) in [5.41, 5.74) is 2.54. The molecule has 2 aromatic carbocycles. The van der Waals surface area contributed by atoms with E-state index in [4.69, 9.17) is 4.74 Å². The maximum Gasteiger partial charge on any atom is 0.119 e. The molecule has 111 valence electrons. The quantitative estimate of drug-likeness (QED) is 0.658. The molecule has 0 saturated carbocycles. The first-order valence-corrected chi connectivity index (χ1v) is 7.54. The molecule has 0 N–H and O–H groups in total. The summed E-state index contributed by atoms with van der Waals surface area (Å²) in [6.07, 6.45) is 5.63. The molecule has 0 aromatic heterocycles. The highest BCUT2D eigenvalue weighted by Gasteiger charge is 1.98. The molecular weight excluding hydrogens is 258 g/mol. The first kappa shape index (κ1) is 15.4. The Labute approximate surface area is 128 Å². The fraction of sp³-hybridized carbons (Fsp3) is 0.316. The van der Waals surface area contributed by atoms with Gasteiger partial charge in [0, 0.05) is 19.8 Å². The molecule has 0 aliphatic rings. The summed E-state index contributed by atoms with van der Waals surface area (Å²) in [4.78, 5) is 2.12. The van der Waals surface area contributed by atoms with E-state index in [0.29, 0.717) is 0 Å². The Bertz CT molecular complexity index is 505. The van der Waals surface area contributed by atoms with Gasteiger partial charge in [0.25, 0.3) is 0 Å². The Balaban J connectivity index is 1.59. The number of para-hydroxylation sites is 1. The molecule has 0 bridgehead atoms. The van der Waals surface area contributed by atoms with Gasteiger partial charge in [0.15, 0.2) is 0 Å². The number of hydrogen-bond acceptors (Lipinski definition) is 2. The molecule has 2 aromatic rings. The van der Waals surface area contributed by atoms with E-state index in [1.165, 1.54) is 11.3 Å². The smallest absolute Gasteiger partial charge is 0.119 e. The molecule has 0 aliphatic heterocycles. The molecule has 0 aliphatic carbocycles. The summed E-state index contributed by atoms with van der Waals surface area (Å²) < 4.78 is 5.68. The molecule has 1 radical (unpaired) electrons. The zero-order valence-electron chi connectivity index (χ0n) is 13.0. The third-order valence-corrected chi connectivity index (χ3v) is 3.40. The summed E-state index contributed by atoms with van der Waals surface area (Å²) in [6.45, 7) is 0.789.